The monoisotopic (exact) mass is 291 g/mol. The fourth-order valence-corrected chi connectivity index (χ4v) is 2.53. The third-order valence-corrected chi connectivity index (χ3v) is 4.02. The molecule has 0 saturated carbocycles. The molecule has 0 radical (unpaired) electrons. The molecule has 0 aliphatic carbocycles. The second-order valence-corrected chi connectivity index (χ2v) is 6.22. The van der Waals surface area contributed by atoms with Crippen molar-refractivity contribution in [2.45, 2.75) is 20.3 Å². The minimum Gasteiger partial charge on any atom is -0.399 e. The van der Waals surface area contributed by atoms with Crippen LogP contribution in [0.5, 0.6) is 0 Å². The van der Waals surface area contributed by atoms with Crippen LogP contribution in [-0.2, 0) is 4.74 Å². The van der Waals surface area contributed by atoms with Gasteiger partial charge < -0.3 is 15.4 Å². The van der Waals surface area contributed by atoms with Crippen LogP contribution in [0.2, 0.25) is 0 Å². The number of nitrogen functional groups attached to an aromatic ring is 1. The maximum absolute atomic E-state index is 5.74. The summed E-state index contributed by atoms with van der Waals surface area (Å²) in [6.45, 7) is 11.6. The third-order valence-electron chi connectivity index (χ3n) is 4.02. The van der Waals surface area contributed by atoms with Crippen LogP contribution in [-0.4, -0.2) is 50.8 Å². The van der Waals surface area contributed by atoms with E-state index in [1.807, 2.05) is 12.1 Å². The maximum atomic E-state index is 5.74. The van der Waals surface area contributed by atoms with Crippen molar-refractivity contribution in [3.8, 4) is 0 Å². The summed E-state index contributed by atoms with van der Waals surface area (Å²) in [7, 11) is 0. The van der Waals surface area contributed by atoms with E-state index in [2.05, 4.69) is 35.8 Å². The third kappa shape index (κ3) is 5.56. The topological polar surface area (TPSA) is 41.7 Å². The molecule has 1 saturated heterocycles. The van der Waals surface area contributed by atoms with Gasteiger partial charge in [0.1, 0.15) is 0 Å². The summed E-state index contributed by atoms with van der Waals surface area (Å²) in [5.74, 6) is 0.730. The van der Waals surface area contributed by atoms with E-state index in [4.69, 9.17) is 10.5 Å². The molecule has 1 aliphatic rings. The van der Waals surface area contributed by atoms with Crippen molar-refractivity contribution in [1.82, 2.24) is 4.90 Å². The van der Waals surface area contributed by atoms with E-state index >= 15 is 0 Å². The van der Waals surface area contributed by atoms with Crippen molar-refractivity contribution < 1.29 is 4.74 Å². The highest BCUT2D eigenvalue weighted by Gasteiger charge is 2.16. The Kier molecular flexibility index (Phi) is 6.33. The molecular weight excluding hydrogens is 262 g/mol. The lowest BCUT2D eigenvalue weighted by atomic mass is 10.1. The van der Waals surface area contributed by atoms with Crippen LogP contribution in [0.4, 0.5) is 11.4 Å². The molecule has 0 spiro atoms. The summed E-state index contributed by atoms with van der Waals surface area (Å²) in [5.41, 5.74) is 7.84. The molecule has 1 aromatic carbocycles. The van der Waals surface area contributed by atoms with Crippen LogP contribution in [0, 0.1) is 5.92 Å². The molecule has 2 rings (SSSR count). The smallest absolute Gasteiger partial charge is 0.0593 e. The van der Waals surface area contributed by atoms with E-state index in [9.17, 15) is 0 Å². The zero-order chi connectivity index (χ0) is 15.1. The Hall–Kier alpha value is -1.26. The zero-order valence-electron chi connectivity index (χ0n) is 13.4. The minimum atomic E-state index is 0.730. The van der Waals surface area contributed by atoms with Gasteiger partial charge in [-0.25, -0.2) is 0 Å². The van der Waals surface area contributed by atoms with E-state index in [0.717, 1.165) is 64.0 Å². The Morgan fingerprint density at radius 2 is 1.71 bits per heavy atom. The Labute approximate surface area is 128 Å². The molecule has 1 aliphatic heterocycles. The van der Waals surface area contributed by atoms with Crippen LogP contribution < -0.4 is 10.6 Å². The highest BCUT2D eigenvalue weighted by molar-refractivity contribution is 5.53. The van der Waals surface area contributed by atoms with Gasteiger partial charge in [0.2, 0.25) is 0 Å². The van der Waals surface area contributed by atoms with E-state index in [0.29, 0.717) is 0 Å². The molecule has 1 aromatic rings. The average Bonchev–Trinajstić information content (AvgIpc) is 2.48. The van der Waals surface area contributed by atoms with Gasteiger partial charge in [0.15, 0.2) is 0 Å². The first-order valence-corrected chi connectivity index (χ1v) is 8.06. The number of ether oxygens (including phenoxy) is 1. The second-order valence-electron chi connectivity index (χ2n) is 6.22. The summed E-state index contributed by atoms with van der Waals surface area (Å²) in [6.07, 6.45) is 1.16. The maximum Gasteiger partial charge on any atom is 0.0593 e. The van der Waals surface area contributed by atoms with Crippen LogP contribution in [0.15, 0.2) is 24.3 Å². The molecule has 0 atom stereocenters. The first-order valence-electron chi connectivity index (χ1n) is 8.06. The van der Waals surface area contributed by atoms with E-state index < -0.39 is 0 Å². The van der Waals surface area contributed by atoms with Gasteiger partial charge in [-0.15, -0.1) is 0 Å². The molecular formula is C17H29N3O. The molecule has 118 valence electrons. The van der Waals surface area contributed by atoms with Crippen LogP contribution in [0.3, 0.4) is 0 Å². The number of hydrogen-bond acceptors (Lipinski definition) is 4. The molecule has 0 amide bonds. The summed E-state index contributed by atoms with van der Waals surface area (Å²) >= 11 is 0. The minimum absolute atomic E-state index is 0.730. The zero-order valence-corrected chi connectivity index (χ0v) is 13.4. The van der Waals surface area contributed by atoms with Crippen molar-refractivity contribution in [3.05, 3.63) is 24.3 Å². The predicted molar refractivity (Wildman–Crippen MR) is 89.8 cm³/mol. The van der Waals surface area contributed by atoms with Crippen molar-refractivity contribution in [2.75, 3.05) is 56.6 Å². The lowest BCUT2D eigenvalue weighted by Gasteiger charge is -2.36. The van der Waals surface area contributed by atoms with Crippen molar-refractivity contribution in [3.63, 3.8) is 0 Å². The van der Waals surface area contributed by atoms with Gasteiger partial charge in [0.05, 0.1) is 6.61 Å². The SMILES string of the molecule is CC(C)CCOCCN1CCN(c2ccc(N)cc2)CC1. The number of nitrogens with zero attached hydrogens (tertiary/aromatic N) is 2. The summed E-state index contributed by atoms with van der Waals surface area (Å²) in [6, 6.07) is 8.18. The fourth-order valence-electron chi connectivity index (χ4n) is 2.53. The lowest BCUT2D eigenvalue weighted by Crippen LogP contribution is -2.47. The molecule has 4 heteroatoms. The first-order chi connectivity index (χ1) is 10.1. The second kappa shape index (κ2) is 8.25. The van der Waals surface area contributed by atoms with Gasteiger partial charge in [-0.1, -0.05) is 13.8 Å². The number of nitrogens with two attached hydrogens (primary N) is 1. The van der Waals surface area contributed by atoms with Gasteiger partial charge in [0, 0.05) is 50.7 Å². The van der Waals surface area contributed by atoms with Crippen LogP contribution in [0.25, 0.3) is 0 Å². The van der Waals surface area contributed by atoms with Gasteiger partial charge in [-0.2, -0.15) is 0 Å². The molecule has 2 N–H and O–H groups in total. The Morgan fingerprint density at radius 1 is 1.05 bits per heavy atom. The number of benzene rings is 1. The largest absolute Gasteiger partial charge is 0.399 e. The number of piperazine rings is 1. The Balaban J connectivity index is 1.63. The first kappa shape index (κ1) is 16.1. The van der Waals surface area contributed by atoms with Crippen LogP contribution >= 0.6 is 0 Å². The van der Waals surface area contributed by atoms with Crippen molar-refractivity contribution in [2.24, 2.45) is 5.92 Å². The van der Waals surface area contributed by atoms with E-state index in [1.165, 1.54) is 5.69 Å². The van der Waals surface area contributed by atoms with Gasteiger partial charge in [0.25, 0.3) is 0 Å². The highest BCUT2D eigenvalue weighted by Crippen LogP contribution is 2.17. The highest BCUT2D eigenvalue weighted by atomic mass is 16.5. The summed E-state index contributed by atoms with van der Waals surface area (Å²) in [5, 5.41) is 0. The molecule has 0 bridgehead atoms. The standard InChI is InChI=1S/C17H29N3O/c1-15(2)7-13-21-14-12-19-8-10-20(11-9-19)17-5-3-16(18)4-6-17/h3-6,15H,7-14,18H2,1-2H3. The molecule has 0 aromatic heterocycles. The number of anilines is 2. The molecule has 21 heavy (non-hydrogen) atoms. The van der Waals surface area contributed by atoms with Gasteiger partial charge in [-0.3, -0.25) is 4.90 Å². The molecule has 1 fully saturated rings. The van der Waals surface area contributed by atoms with Crippen molar-refractivity contribution in [1.29, 1.82) is 0 Å². The average molecular weight is 291 g/mol. The van der Waals surface area contributed by atoms with Crippen LogP contribution in [0.1, 0.15) is 20.3 Å². The number of rotatable bonds is 7. The lowest BCUT2D eigenvalue weighted by molar-refractivity contribution is 0.0942. The van der Waals surface area contributed by atoms with E-state index in [1.54, 1.807) is 0 Å². The Bertz CT molecular complexity index is 397. The van der Waals surface area contributed by atoms with Crippen molar-refractivity contribution >= 4 is 11.4 Å². The molecule has 0 unspecified atom stereocenters. The summed E-state index contributed by atoms with van der Waals surface area (Å²) < 4.78 is 5.70. The Morgan fingerprint density at radius 3 is 2.33 bits per heavy atom. The quantitative estimate of drug-likeness (QED) is 0.619. The summed E-state index contributed by atoms with van der Waals surface area (Å²) in [4.78, 5) is 4.92. The fraction of sp³-hybridized carbons (Fsp3) is 0.647. The van der Waals surface area contributed by atoms with E-state index in [-0.39, 0.29) is 0 Å². The normalized spacial score (nSPS) is 16.6. The number of hydrogen-bond donors (Lipinski definition) is 1. The predicted octanol–water partition coefficient (Wildman–Crippen LogP) is 2.45. The van der Waals surface area contributed by atoms with Gasteiger partial charge in [-0.05, 0) is 36.6 Å². The molecule has 1 heterocycles. The molecule has 4 nitrogen and oxygen atoms in total. The van der Waals surface area contributed by atoms with Gasteiger partial charge >= 0.3 is 0 Å².